The molecule has 2 aromatic carbocycles. The number of benzene rings is 2. The lowest BCUT2D eigenvalue weighted by molar-refractivity contribution is 0.114. The third kappa shape index (κ3) is 3.48. The van der Waals surface area contributed by atoms with Crippen molar-refractivity contribution < 1.29 is 4.74 Å². The smallest absolute Gasteiger partial charge is 0.250 e. The maximum atomic E-state index is 12.2. The van der Waals surface area contributed by atoms with Gasteiger partial charge in [0, 0.05) is 43.9 Å². The van der Waals surface area contributed by atoms with Crippen molar-refractivity contribution in [3.8, 4) is 11.5 Å². The SMILES string of the molecule is O=c1cccc2n1CC1CC2CN(Cc2cccc(Oc3ccccc3)c2)C1. The Morgan fingerprint density at radius 2 is 1.68 bits per heavy atom. The number of nitrogens with zero attached hydrogens (tertiary/aromatic N) is 2. The molecule has 4 heteroatoms. The van der Waals surface area contributed by atoms with E-state index in [0.717, 1.165) is 37.7 Å². The molecule has 2 aliphatic heterocycles. The van der Waals surface area contributed by atoms with Gasteiger partial charge in [-0.3, -0.25) is 9.69 Å². The summed E-state index contributed by atoms with van der Waals surface area (Å²) in [6.07, 6.45) is 1.19. The molecule has 2 bridgehead atoms. The molecule has 0 N–H and O–H groups in total. The van der Waals surface area contributed by atoms with Gasteiger partial charge in [0.05, 0.1) is 0 Å². The topological polar surface area (TPSA) is 34.5 Å². The van der Waals surface area contributed by atoms with E-state index in [2.05, 4.69) is 29.2 Å². The molecule has 142 valence electrons. The maximum Gasteiger partial charge on any atom is 0.250 e. The van der Waals surface area contributed by atoms with Gasteiger partial charge >= 0.3 is 0 Å². The first-order valence-electron chi connectivity index (χ1n) is 9.98. The predicted octanol–water partition coefficient (Wildman–Crippen LogP) is 4.26. The Kier molecular flexibility index (Phi) is 4.49. The molecule has 0 aliphatic carbocycles. The molecule has 3 heterocycles. The Morgan fingerprint density at radius 1 is 0.857 bits per heavy atom. The lowest BCUT2D eigenvalue weighted by Gasteiger charge is -2.42. The maximum absolute atomic E-state index is 12.2. The van der Waals surface area contributed by atoms with Crippen LogP contribution in [0.1, 0.15) is 23.6 Å². The molecular formula is C24H24N2O2. The number of hydrogen-bond donors (Lipinski definition) is 0. The predicted molar refractivity (Wildman–Crippen MR) is 110 cm³/mol. The highest BCUT2D eigenvalue weighted by Crippen LogP contribution is 2.35. The lowest BCUT2D eigenvalue weighted by atomic mass is 9.83. The molecule has 0 amide bonds. The summed E-state index contributed by atoms with van der Waals surface area (Å²) in [6.45, 7) is 3.81. The van der Waals surface area contributed by atoms with Crippen LogP contribution in [-0.4, -0.2) is 22.6 Å². The van der Waals surface area contributed by atoms with Gasteiger partial charge < -0.3 is 9.30 Å². The number of rotatable bonds is 4. The fourth-order valence-corrected chi connectivity index (χ4v) is 4.71. The minimum atomic E-state index is 0.145. The average Bonchev–Trinajstić information content (AvgIpc) is 2.70. The second-order valence-electron chi connectivity index (χ2n) is 7.95. The first-order chi connectivity index (χ1) is 13.7. The fourth-order valence-electron chi connectivity index (χ4n) is 4.71. The van der Waals surface area contributed by atoms with Crippen molar-refractivity contribution in [3.05, 3.63) is 94.4 Å². The van der Waals surface area contributed by atoms with Gasteiger partial charge in [-0.2, -0.15) is 0 Å². The summed E-state index contributed by atoms with van der Waals surface area (Å²) in [4.78, 5) is 14.7. The van der Waals surface area contributed by atoms with Crippen molar-refractivity contribution in [2.75, 3.05) is 13.1 Å². The number of pyridine rings is 1. The third-order valence-corrected chi connectivity index (χ3v) is 5.84. The molecule has 1 aromatic heterocycles. The minimum Gasteiger partial charge on any atom is -0.457 e. The molecule has 4 nitrogen and oxygen atoms in total. The molecular weight excluding hydrogens is 348 g/mol. The first kappa shape index (κ1) is 17.3. The largest absolute Gasteiger partial charge is 0.457 e. The quantitative estimate of drug-likeness (QED) is 0.686. The van der Waals surface area contributed by atoms with Crippen molar-refractivity contribution in [2.45, 2.75) is 25.4 Å². The summed E-state index contributed by atoms with van der Waals surface area (Å²) < 4.78 is 7.98. The standard InChI is InChI=1S/C24H24N2O2/c27-24-11-5-10-23-20-12-19(16-26(23)24)15-25(17-20)14-18-6-4-9-22(13-18)28-21-7-2-1-3-8-21/h1-11,13,19-20H,12,14-17H2. The molecule has 1 fully saturated rings. The summed E-state index contributed by atoms with van der Waals surface area (Å²) >= 11 is 0. The van der Waals surface area contributed by atoms with E-state index < -0.39 is 0 Å². The molecule has 5 rings (SSSR count). The molecule has 2 atom stereocenters. The summed E-state index contributed by atoms with van der Waals surface area (Å²) in [5.74, 6) is 2.73. The van der Waals surface area contributed by atoms with Crippen molar-refractivity contribution >= 4 is 0 Å². The molecule has 2 aliphatic rings. The van der Waals surface area contributed by atoms with E-state index in [1.807, 2.05) is 47.0 Å². The van der Waals surface area contributed by atoms with Crippen LogP contribution in [0.4, 0.5) is 0 Å². The number of likely N-dealkylation sites (tertiary alicyclic amines) is 1. The highest BCUT2D eigenvalue weighted by atomic mass is 16.5. The van der Waals surface area contributed by atoms with Crippen LogP contribution in [0.25, 0.3) is 0 Å². The number of fused-ring (bicyclic) bond motifs is 4. The van der Waals surface area contributed by atoms with Gasteiger partial charge in [-0.25, -0.2) is 0 Å². The van der Waals surface area contributed by atoms with E-state index in [0.29, 0.717) is 11.8 Å². The normalized spacial score (nSPS) is 21.1. The Labute approximate surface area is 165 Å². The van der Waals surface area contributed by atoms with E-state index in [1.54, 1.807) is 6.07 Å². The van der Waals surface area contributed by atoms with Gasteiger partial charge in [0.15, 0.2) is 0 Å². The Balaban J connectivity index is 1.31. The second kappa shape index (κ2) is 7.28. The molecule has 3 aromatic rings. The molecule has 28 heavy (non-hydrogen) atoms. The summed E-state index contributed by atoms with van der Waals surface area (Å²) in [6, 6.07) is 24.0. The number of ether oxygens (including phenoxy) is 1. The van der Waals surface area contributed by atoms with Gasteiger partial charge in [-0.1, -0.05) is 36.4 Å². The van der Waals surface area contributed by atoms with Crippen LogP contribution in [0, 0.1) is 5.92 Å². The lowest BCUT2D eigenvalue weighted by Crippen LogP contribution is -2.46. The van der Waals surface area contributed by atoms with Crippen LogP contribution in [0.2, 0.25) is 0 Å². The number of para-hydroxylation sites is 1. The Bertz CT molecular complexity index is 1030. The zero-order chi connectivity index (χ0) is 18.9. The second-order valence-corrected chi connectivity index (χ2v) is 7.95. The van der Waals surface area contributed by atoms with Gasteiger partial charge in [0.25, 0.3) is 5.56 Å². The van der Waals surface area contributed by atoms with Gasteiger partial charge in [0.2, 0.25) is 0 Å². The molecule has 0 spiro atoms. The van der Waals surface area contributed by atoms with Crippen molar-refractivity contribution in [1.82, 2.24) is 9.47 Å². The van der Waals surface area contributed by atoms with Gasteiger partial charge in [-0.05, 0) is 48.2 Å². The highest BCUT2D eigenvalue weighted by Gasteiger charge is 2.34. The third-order valence-electron chi connectivity index (χ3n) is 5.84. The van der Waals surface area contributed by atoms with Gasteiger partial charge in [-0.15, -0.1) is 0 Å². The summed E-state index contributed by atoms with van der Waals surface area (Å²) in [5.41, 5.74) is 2.61. The van der Waals surface area contributed by atoms with E-state index in [9.17, 15) is 4.79 Å². The number of hydrogen-bond acceptors (Lipinski definition) is 3. The number of piperidine rings is 1. The fraction of sp³-hybridized carbons (Fsp3) is 0.292. The number of aromatic nitrogens is 1. The summed E-state index contributed by atoms with van der Waals surface area (Å²) in [7, 11) is 0. The molecule has 2 unspecified atom stereocenters. The monoisotopic (exact) mass is 372 g/mol. The highest BCUT2D eigenvalue weighted by molar-refractivity contribution is 5.34. The Morgan fingerprint density at radius 3 is 2.57 bits per heavy atom. The van der Waals surface area contributed by atoms with Crippen molar-refractivity contribution in [1.29, 1.82) is 0 Å². The Hall–Kier alpha value is -2.85. The molecule has 1 saturated heterocycles. The van der Waals surface area contributed by atoms with Crippen molar-refractivity contribution in [2.24, 2.45) is 5.92 Å². The van der Waals surface area contributed by atoms with Crippen LogP contribution in [0.15, 0.2) is 77.6 Å². The minimum absolute atomic E-state index is 0.145. The molecule has 0 saturated carbocycles. The van der Waals surface area contributed by atoms with E-state index >= 15 is 0 Å². The van der Waals surface area contributed by atoms with Crippen LogP contribution < -0.4 is 10.3 Å². The average molecular weight is 372 g/mol. The van der Waals surface area contributed by atoms with Gasteiger partial charge in [0.1, 0.15) is 11.5 Å². The van der Waals surface area contributed by atoms with Crippen LogP contribution in [0.5, 0.6) is 11.5 Å². The zero-order valence-electron chi connectivity index (χ0n) is 15.8. The van der Waals surface area contributed by atoms with E-state index in [4.69, 9.17) is 4.74 Å². The van der Waals surface area contributed by atoms with Crippen LogP contribution >= 0.6 is 0 Å². The summed E-state index contributed by atoms with van der Waals surface area (Å²) in [5, 5.41) is 0. The first-order valence-corrected chi connectivity index (χ1v) is 9.98. The van der Waals surface area contributed by atoms with E-state index in [1.165, 1.54) is 17.7 Å². The van der Waals surface area contributed by atoms with Crippen LogP contribution in [0.3, 0.4) is 0 Å². The van der Waals surface area contributed by atoms with Crippen molar-refractivity contribution in [3.63, 3.8) is 0 Å². The molecule has 0 radical (unpaired) electrons. The van der Waals surface area contributed by atoms with Crippen LogP contribution in [-0.2, 0) is 13.1 Å². The van der Waals surface area contributed by atoms with E-state index in [-0.39, 0.29) is 5.56 Å². The zero-order valence-corrected chi connectivity index (χ0v) is 15.8.